The van der Waals surface area contributed by atoms with Crippen LogP contribution in [0.1, 0.15) is 18.1 Å². The van der Waals surface area contributed by atoms with Gasteiger partial charge in [0.1, 0.15) is 0 Å². The maximum Gasteiger partial charge on any atom is 0.219 e. The van der Waals surface area contributed by atoms with E-state index in [1.54, 1.807) is 24.1 Å². The van der Waals surface area contributed by atoms with Crippen LogP contribution in [0.3, 0.4) is 0 Å². The molecule has 0 radical (unpaired) electrons. The Bertz CT molecular complexity index is 933. The van der Waals surface area contributed by atoms with Gasteiger partial charge in [0.05, 0.1) is 22.3 Å². The minimum absolute atomic E-state index is 0.0194. The van der Waals surface area contributed by atoms with E-state index in [0.717, 1.165) is 11.3 Å². The van der Waals surface area contributed by atoms with Crippen LogP contribution in [-0.2, 0) is 21.2 Å². The molecule has 0 aromatic heterocycles. The highest BCUT2D eigenvalue weighted by Gasteiger charge is 2.14. The molecule has 0 aliphatic heterocycles. The van der Waals surface area contributed by atoms with Crippen LogP contribution in [0.15, 0.2) is 53.4 Å². The smallest absolute Gasteiger partial charge is 0.219 e. The summed E-state index contributed by atoms with van der Waals surface area (Å²) in [4.78, 5) is 13.1. The van der Waals surface area contributed by atoms with Gasteiger partial charge in [-0.1, -0.05) is 18.2 Å². The van der Waals surface area contributed by atoms with Crippen molar-refractivity contribution in [3.05, 3.63) is 59.7 Å². The van der Waals surface area contributed by atoms with Gasteiger partial charge in [0, 0.05) is 32.7 Å². The summed E-state index contributed by atoms with van der Waals surface area (Å²) in [6.07, 6.45) is 0. The van der Waals surface area contributed by atoms with Gasteiger partial charge < -0.3 is 10.2 Å². The summed E-state index contributed by atoms with van der Waals surface area (Å²) in [5.74, 6) is -0.103. The van der Waals surface area contributed by atoms with Crippen LogP contribution in [0.25, 0.3) is 0 Å². The minimum atomic E-state index is -3.47. The number of rotatable bonds is 7. The number of nitrogens with one attached hydrogen (secondary N) is 1. The van der Waals surface area contributed by atoms with E-state index in [1.165, 1.54) is 19.1 Å². The average molecular weight is 371 g/mol. The number of anilines is 1. The van der Waals surface area contributed by atoms with Gasteiger partial charge in [-0.05, 0) is 35.9 Å². The number of benzene rings is 2. The van der Waals surface area contributed by atoms with Gasteiger partial charge in [-0.3, -0.25) is 4.79 Å². The predicted octanol–water partition coefficient (Wildman–Crippen LogP) is 2.42. The number of carbonyl (C=O) groups is 1. The van der Waals surface area contributed by atoms with Crippen molar-refractivity contribution in [3.63, 3.8) is 0 Å². The van der Waals surface area contributed by atoms with E-state index in [9.17, 15) is 13.2 Å². The van der Waals surface area contributed by atoms with Crippen molar-refractivity contribution in [2.45, 2.75) is 18.4 Å². The zero-order valence-corrected chi connectivity index (χ0v) is 15.6. The molecule has 0 unspecified atom stereocenters. The third-order valence-electron chi connectivity index (χ3n) is 3.91. The number of amides is 1. The van der Waals surface area contributed by atoms with E-state index in [-0.39, 0.29) is 23.1 Å². The van der Waals surface area contributed by atoms with Gasteiger partial charge in [0.2, 0.25) is 5.91 Å². The lowest BCUT2D eigenvalue weighted by molar-refractivity contribution is -0.128. The zero-order valence-electron chi connectivity index (χ0n) is 14.8. The highest BCUT2D eigenvalue weighted by Crippen LogP contribution is 2.15. The van der Waals surface area contributed by atoms with Crippen molar-refractivity contribution >= 4 is 21.4 Å². The first kappa shape index (κ1) is 19.5. The normalized spacial score (nSPS) is 10.8. The topological polar surface area (TPSA) is 90.3 Å². The maximum atomic E-state index is 12.4. The average Bonchev–Trinajstić information content (AvgIpc) is 2.62. The first-order chi connectivity index (χ1) is 12.3. The van der Waals surface area contributed by atoms with Crippen molar-refractivity contribution in [3.8, 4) is 6.07 Å². The minimum Gasteiger partial charge on any atom is -0.384 e. The number of carbonyl (C=O) groups excluding carboxylic acids is 1. The summed E-state index contributed by atoms with van der Waals surface area (Å²) >= 11 is 0. The summed E-state index contributed by atoms with van der Waals surface area (Å²) in [6, 6.07) is 15.5. The van der Waals surface area contributed by atoms with Gasteiger partial charge >= 0.3 is 0 Å². The number of hydrogen-bond donors (Lipinski definition) is 1. The SMILES string of the molecule is CC(=O)N(C)Cc1cccc(NCCS(=O)(=O)c2cccc(C#N)c2)c1. The third-order valence-corrected chi connectivity index (χ3v) is 5.62. The van der Waals surface area contributed by atoms with Gasteiger partial charge in [-0.2, -0.15) is 5.26 Å². The summed E-state index contributed by atoms with van der Waals surface area (Å²) in [6.45, 7) is 2.24. The molecule has 0 fully saturated rings. The van der Waals surface area contributed by atoms with Crippen LogP contribution >= 0.6 is 0 Å². The number of nitriles is 1. The first-order valence-corrected chi connectivity index (χ1v) is 9.74. The van der Waals surface area contributed by atoms with Crippen LogP contribution < -0.4 is 5.32 Å². The molecule has 0 aliphatic carbocycles. The fourth-order valence-corrected chi connectivity index (χ4v) is 3.57. The lowest BCUT2D eigenvalue weighted by Crippen LogP contribution is -2.23. The molecule has 0 saturated carbocycles. The highest BCUT2D eigenvalue weighted by molar-refractivity contribution is 7.91. The van der Waals surface area contributed by atoms with Crippen molar-refractivity contribution in [2.75, 3.05) is 24.7 Å². The van der Waals surface area contributed by atoms with Gasteiger partial charge in [-0.15, -0.1) is 0 Å². The van der Waals surface area contributed by atoms with E-state index >= 15 is 0 Å². The Labute approximate surface area is 154 Å². The summed E-state index contributed by atoms with van der Waals surface area (Å²) < 4.78 is 24.8. The van der Waals surface area contributed by atoms with Gasteiger partial charge in [0.15, 0.2) is 9.84 Å². The van der Waals surface area contributed by atoms with Crippen LogP contribution in [0, 0.1) is 11.3 Å². The molecular formula is C19H21N3O3S. The Morgan fingerprint density at radius 1 is 1.19 bits per heavy atom. The Hall–Kier alpha value is -2.85. The summed E-state index contributed by atoms with van der Waals surface area (Å²) in [7, 11) is -1.74. The zero-order chi connectivity index (χ0) is 19.2. The molecule has 0 atom stereocenters. The van der Waals surface area contributed by atoms with Crippen LogP contribution in [0.5, 0.6) is 0 Å². The number of nitrogens with zero attached hydrogens (tertiary/aromatic N) is 2. The first-order valence-electron chi connectivity index (χ1n) is 8.09. The molecule has 0 aliphatic rings. The van der Waals surface area contributed by atoms with E-state index in [1.807, 2.05) is 30.3 Å². The monoisotopic (exact) mass is 371 g/mol. The lowest BCUT2D eigenvalue weighted by Gasteiger charge is -2.15. The second kappa shape index (κ2) is 8.50. The molecule has 1 N–H and O–H groups in total. The molecule has 136 valence electrons. The Morgan fingerprint density at radius 3 is 2.62 bits per heavy atom. The van der Waals surface area contributed by atoms with Crippen LogP contribution in [0.2, 0.25) is 0 Å². The second-order valence-electron chi connectivity index (χ2n) is 5.96. The van der Waals surface area contributed by atoms with Crippen molar-refractivity contribution in [2.24, 2.45) is 0 Å². The fourth-order valence-electron chi connectivity index (χ4n) is 2.37. The Kier molecular flexibility index (Phi) is 6.36. The van der Waals surface area contributed by atoms with Gasteiger partial charge in [0.25, 0.3) is 0 Å². The molecule has 6 nitrogen and oxygen atoms in total. The standard InChI is InChI=1S/C19H21N3O3S/c1-15(23)22(2)14-17-6-3-7-18(11-17)21-9-10-26(24,25)19-8-4-5-16(12-19)13-20/h3-8,11-12,21H,9-10,14H2,1-2H3. The fraction of sp³-hybridized carbons (Fsp3) is 0.263. The van der Waals surface area contributed by atoms with Crippen molar-refractivity contribution < 1.29 is 13.2 Å². The summed E-state index contributed by atoms with van der Waals surface area (Å²) in [5.41, 5.74) is 2.07. The van der Waals surface area contributed by atoms with E-state index in [4.69, 9.17) is 5.26 Å². The number of hydrogen-bond acceptors (Lipinski definition) is 5. The molecule has 2 aromatic carbocycles. The highest BCUT2D eigenvalue weighted by atomic mass is 32.2. The van der Waals surface area contributed by atoms with Crippen molar-refractivity contribution in [1.29, 1.82) is 5.26 Å². The van der Waals surface area contributed by atoms with E-state index in [0.29, 0.717) is 12.1 Å². The molecule has 0 heterocycles. The molecule has 1 amide bonds. The molecule has 2 aromatic rings. The molecule has 0 bridgehead atoms. The molecule has 26 heavy (non-hydrogen) atoms. The Morgan fingerprint density at radius 2 is 1.92 bits per heavy atom. The molecule has 2 rings (SSSR count). The quantitative estimate of drug-likeness (QED) is 0.807. The lowest BCUT2D eigenvalue weighted by atomic mass is 10.2. The Balaban J connectivity index is 1.99. The van der Waals surface area contributed by atoms with E-state index < -0.39 is 9.84 Å². The summed E-state index contributed by atoms with van der Waals surface area (Å²) in [5, 5.41) is 12.0. The van der Waals surface area contributed by atoms with Crippen LogP contribution in [0.4, 0.5) is 5.69 Å². The van der Waals surface area contributed by atoms with Crippen molar-refractivity contribution in [1.82, 2.24) is 4.90 Å². The molecule has 7 heteroatoms. The van der Waals surface area contributed by atoms with Crippen LogP contribution in [-0.4, -0.2) is 38.6 Å². The second-order valence-corrected chi connectivity index (χ2v) is 8.07. The molecular weight excluding hydrogens is 350 g/mol. The molecule has 0 spiro atoms. The largest absolute Gasteiger partial charge is 0.384 e. The maximum absolute atomic E-state index is 12.4. The predicted molar refractivity (Wildman–Crippen MR) is 100 cm³/mol. The third kappa shape index (κ3) is 5.33. The van der Waals surface area contributed by atoms with Gasteiger partial charge in [-0.25, -0.2) is 8.42 Å². The van der Waals surface area contributed by atoms with E-state index in [2.05, 4.69) is 5.32 Å². The molecule has 0 saturated heterocycles. The number of sulfone groups is 1.